The Morgan fingerprint density at radius 3 is 2.34 bits per heavy atom. The van der Waals surface area contributed by atoms with Crippen molar-refractivity contribution in [1.29, 1.82) is 0 Å². The van der Waals surface area contributed by atoms with Crippen LogP contribution in [0.4, 0.5) is 5.69 Å². The van der Waals surface area contributed by atoms with Crippen molar-refractivity contribution in [2.24, 2.45) is 5.16 Å². The van der Waals surface area contributed by atoms with Gasteiger partial charge in [0.2, 0.25) is 0 Å². The second-order valence-electron chi connectivity index (χ2n) is 7.65. The third-order valence-electron chi connectivity index (χ3n) is 5.18. The van der Waals surface area contributed by atoms with Crippen LogP contribution in [0.1, 0.15) is 11.1 Å². The lowest BCUT2D eigenvalue weighted by Crippen LogP contribution is -2.17. The summed E-state index contributed by atoms with van der Waals surface area (Å²) in [7, 11) is 1.58. The molecule has 1 amide bonds. The molecule has 0 unspecified atom stereocenters. The van der Waals surface area contributed by atoms with Gasteiger partial charge >= 0.3 is 0 Å². The number of oxime groups is 1. The molecule has 0 bridgehead atoms. The summed E-state index contributed by atoms with van der Waals surface area (Å²) in [5, 5.41) is 6.81. The van der Waals surface area contributed by atoms with Crippen LogP contribution >= 0.6 is 0 Å². The van der Waals surface area contributed by atoms with Gasteiger partial charge in [-0.05, 0) is 35.4 Å². The molecule has 0 aliphatic heterocycles. The minimum absolute atomic E-state index is 0.213. The quantitative estimate of drug-likeness (QED) is 0.232. The van der Waals surface area contributed by atoms with Gasteiger partial charge in [-0.2, -0.15) is 0 Å². The number of ether oxygens (including phenoxy) is 2. The molecule has 1 N–H and O–H groups in total. The fourth-order valence-electron chi connectivity index (χ4n) is 3.46. The van der Waals surface area contributed by atoms with Crippen LogP contribution < -0.4 is 14.8 Å². The molecule has 35 heavy (non-hydrogen) atoms. The van der Waals surface area contributed by atoms with E-state index < -0.39 is 0 Å². The number of nitrogens with one attached hydrogen (secondary N) is 1. The molecule has 4 aromatic rings. The molecule has 4 rings (SSSR count). The van der Waals surface area contributed by atoms with Crippen LogP contribution in [-0.4, -0.2) is 25.8 Å². The number of benzene rings is 4. The third-order valence-corrected chi connectivity index (χ3v) is 5.18. The number of carbonyl (C=O) groups is 1. The summed E-state index contributed by atoms with van der Waals surface area (Å²) in [6, 6.07) is 32.9. The van der Waals surface area contributed by atoms with Crippen molar-refractivity contribution in [2.75, 3.05) is 19.0 Å². The molecular formula is C29H26N2O4. The predicted octanol–water partition coefficient (Wildman–Crippen LogP) is 5.93. The Balaban J connectivity index is 1.31. The van der Waals surface area contributed by atoms with Crippen molar-refractivity contribution < 1.29 is 19.1 Å². The summed E-state index contributed by atoms with van der Waals surface area (Å²) in [6.45, 7) is 0.227. The first-order chi connectivity index (χ1) is 17.2. The van der Waals surface area contributed by atoms with Gasteiger partial charge in [0, 0.05) is 16.8 Å². The van der Waals surface area contributed by atoms with E-state index in [1.807, 2.05) is 97.1 Å². The number of carbonyl (C=O) groups excluding carboxylic acids is 1. The van der Waals surface area contributed by atoms with Gasteiger partial charge in [-0.25, -0.2) is 0 Å². The molecule has 0 aliphatic rings. The minimum atomic E-state index is -0.298. The molecule has 0 saturated carbocycles. The van der Waals surface area contributed by atoms with E-state index in [-0.39, 0.29) is 12.5 Å². The first-order valence-electron chi connectivity index (χ1n) is 11.2. The van der Waals surface area contributed by atoms with Crippen LogP contribution in [0.25, 0.3) is 11.1 Å². The lowest BCUT2D eigenvalue weighted by molar-refractivity contribution is -0.120. The number of para-hydroxylation sites is 1. The molecule has 0 saturated heterocycles. The van der Waals surface area contributed by atoms with Crippen LogP contribution in [0.3, 0.4) is 0 Å². The van der Waals surface area contributed by atoms with E-state index in [0.717, 1.165) is 22.3 Å². The normalized spacial score (nSPS) is 10.7. The van der Waals surface area contributed by atoms with Gasteiger partial charge in [0.25, 0.3) is 5.91 Å². The highest BCUT2D eigenvalue weighted by molar-refractivity contribution is 5.96. The number of hydrogen-bond acceptors (Lipinski definition) is 5. The number of rotatable bonds is 10. The number of anilines is 1. The third kappa shape index (κ3) is 6.71. The average Bonchev–Trinajstić information content (AvgIpc) is 2.91. The average molecular weight is 467 g/mol. The number of hydrogen-bond donors (Lipinski definition) is 1. The minimum Gasteiger partial charge on any atom is -0.493 e. The lowest BCUT2D eigenvalue weighted by Gasteiger charge is -2.11. The van der Waals surface area contributed by atoms with Crippen molar-refractivity contribution >= 4 is 17.8 Å². The van der Waals surface area contributed by atoms with Gasteiger partial charge in [0.1, 0.15) is 6.61 Å². The van der Waals surface area contributed by atoms with Crippen LogP contribution in [0.2, 0.25) is 0 Å². The van der Waals surface area contributed by atoms with E-state index in [9.17, 15) is 4.79 Å². The van der Waals surface area contributed by atoms with E-state index in [1.165, 1.54) is 6.21 Å². The molecule has 0 heterocycles. The highest BCUT2D eigenvalue weighted by Crippen LogP contribution is 2.29. The second kappa shape index (κ2) is 12.0. The van der Waals surface area contributed by atoms with Gasteiger partial charge < -0.3 is 19.6 Å². The van der Waals surface area contributed by atoms with E-state index in [2.05, 4.69) is 10.5 Å². The van der Waals surface area contributed by atoms with Crippen molar-refractivity contribution in [1.82, 2.24) is 0 Å². The zero-order valence-corrected chi connectivity index (χ0v) is 19.4. The van der Waals surface area contributed by atoms with Crippen molar-refractivity contribution in [3.63, 3.8) is 0 Å². The van der Waals surface area contributed by atoms with Crippen LogP contribution in [0.15, 0.2) is 108 Å². The number of amides is 1. The van der Waals surface area contributed by atoms with E-state index in [4.69, 9.17) is 14.3 Å². The lowest BCUT2D eigenvalue weighted by atomic mass is 10.0. The molecule has 0 aromatic heterocycles. The molecule has 6 nitrogen and oxygen atoms in total. The topological polar surface area (TPSA) is 69.2 Å². The standard InChI is InChI=1S/C29H26N2O4/c1-33-28-18-23(16-17-27(28)34-20-22-10-4-2-5-11-22)19-30-35-21-29(32)31-26-15-9-8-14-25(26)24-12-6-3-7-13-24/h2-19H,20-21H2,1H3,(H,31,32)/b30-19+. The van der Waals surface area contributed by atoms with Gasteiger partial charge in [-0.3, -0.25) is 4.79 Å². The fourth-order valence-corrected chi connectivity index (χ4v) is 3.46. The van der Waals surface area contributed by atoms with Gasteiger partial charge in [0.15, 0.2) is 18.1 Å². The highest BCUT2D eigenvalue weighted by atomic mass is 16.6. The first kappa shape index (κ1) is 23.6. The molecule has 0 fully saturated rings. The molecular weight excluding hydrogens is 440 g/mol. The molecule has 4 aromatic carbocycles. The largest absolute Gasteiger partial charge is 0.493 e. The Morgan fingerprint density at radius 1 is 0.857 bits per heavy atom. The smallest absolute Gasteiger partial charge is 0.265 e. The molecule has 6 heteroatoms. The molecule has 0 radical (unpaired) electrons. The van der Waals surface area contributed by atoms with Gasteiger partial charge in [0.05, 0.1) is 13.3 Å². The predicted molar refractivity (Wildman–Crippen MR) is 138 cm³/mol. The zero-order chi connectivity index (χ0) is 24.3. The number of nitrogens with zero attached hydrogens (tertiary/aromatic N) is 1. The highest BCUT2D eigenvalue weighted by Gasteiger charge is 2.09. The van der Waals surface area contributed by atoms with E-state index in [0.29, 0.717) is 23.8 Å². The summed E-state index contributed by atoms with van der Waals surface area (Å²) < 4.78 is 11.3. The maximum absolute atomic E-state index is 12.4. The molecule has 0 spiro atoms. The van der Waals surface area contributed by atoms with Crippen LogP contribution in [-0.2, 0) is 16.2 Å². The zero-order valence-electron chi connectivity index (χ0n) is 19.4. The van der Waals surface area contributed by atoms with Crippen LogP contribution in [0.5, 0.6) is 11.5 Å². The molecule has 176 valence electrons. The summed E-state index contributed by atoms with van der Waals surface area (Å²) >= 11 is 0. The summed E-state index contributed by atoms with van der Waals surface area (Å²) in [6.07, 6.45) is 1.52. The summed E-state index contributed by atoms with van der Waals surface area (Å²) in [5.74, 6) is 0.916. The van der Waals surface area contributed by atoms with Crippen LogP contribution in [0, 0.1) is 0 Å². The van der Waals surface area contributed by atoms with E-state index >= 15 is 0 Å². The SMILES string of the molecule is COc1cc(/C=N/OCC(=O)Nc2ccccc2-c2ccccc2)ccc1OCc1ccccc1. The maximum atomic E-state index is 12.4. The fraction of sp³-hybridized carbons (Fsp3) is 0.103. The molecule has 0 atom stereocenters. The Labute approximate surface area is 204 Å². The Bertz CT molecular complexity index is 1270. The Kier molecular flexibility index (Phi) is 8.11. The molecule has 0 aliphatic carbocycles. The van der Waals surface area contributed by atoms with Crippen molar-refractivity contribution in [3.8, 4) is 22.6 Å². The first-order valence-corrected chi connectivity index (χ1v) is 11.2. The number of methoxy groups -OCH3 is 1. The summed E-state index contributed by atoms with van der Waals surface area (Å²) in [5.41, 5.74) is 4.49. The Morgan fingerprint density at radius 2 is 1.57 bits per heavy atom. The van der Waals surface area contributed by atoms with E-state index in [1.54, 1.807) is 13.2 Å². The Hall–Kier alpha value is -4.58. The maximum Gasteiger partial charge on any atom is 0.265 e. The van der Waals surface area contributed by atoms with Gasteiger partial charge in [-0.15, -0.1) is 0 Å². The van der Waals surface area contributed by atoms with Crippen molar-refractivity contribution in [3.05, 3.63) is 114 Å². The van der Waals surface area contributed by atoms with Crippen molar-refractivity contribution in [2.45, 2.75) is 6.61 Å². The van der Waals surface area contributed by atoms with Gasteiger partial charge in [-0.1, -0.05) is 84.0 Å². The second-order valence-corrected chi connectivity index (χ2v) is 7.65. The monoisotopic (exact) mass is 466 g/mol. The summed E-state index contributed by atoms with van der Waals surface area (Å²) in [4.78, 5) is 17.6.